The fourth-order valence-electron chi connectivity index (χ4n) is 3.22. The molecule has 0 aliphatic carbocycles. The average Bonchev–Trinajstić information content (AvgIpc) is 2.44. The lowest BCUT2D eigenvalue weighted by molar-refractivity contribution is 0.600. The Hall–Kier alpha value is 0.364. The molecule has 1 heterocycles. The van der Waals surface area contributed by atoms with Crippen molar-refractivity contribution >= 4 is 44.9 Å². The number of nitrogens with one attached hydrogen (secondary N) is 3. The Kier molecular flexibility index (Phi) is 7.38. The minimum atomic E-state index is -1.78. The Morgan fingerprint density at radius 3 is 1.91 bits per heavy atom. The fourth-order valence-corrected chi connectivity index (χ4v) is 28.0. The molecule has 0 saturated carbocycles. The van der Waals surface area contributed by atoms with E-state index in [4.69, 9.17) is 0 Å². The van der Waals surface area contributed by atoms with Gasteiger partial charge in [0.05, 0.1) is 0 Å². The molecule has 1 aliphatic heterocycles. The molecule has 1 saturated heterocycles. The van der Waals surface area contributed by atoms with Crippen LogP contribution in [0.25, 0.3) is 0 Å². The zero-order valence-corrected chi connectivity index (χ0v) is 21.1. The summed E-state index contributed by atoms with van der Waals surface area (Å²) >= 11 is 0. The predicted octanol–water partition coefficient (Wildman–Crippen LogP) is -0.152. The molecule has 0 atom stereocenters. The number of rotatable bonds is 4. The van der Waals surface area contributed by atoms with Crippen molar-refractivity contribution in [2.45, 2.75) is 38.3 Å². The van der Waals surface area contributed by atoms with E-state index < -0.39 is 35.0 Å². The van der Waals surface area contributed by atoms with Gasteiger partial charge in [-0.1, -0.05) is 12.2 Å². The molecule has 1 rings (SSSR count). The number of allylic oxidation sites excluding steroid dienone is 2. The van der Waals surface area contributed by atoms with E-state index >= 15 is 0 Å². The van der Waals surface area contributed by atoms with Gasteiger partial charge in [0.2, 0.25) is 0 Å². The summed E-state index contributed by atoms with van der Waals surface area (Å²) in [6.45, 7) is 18.0. The zero-order chi connectivity index (χ0) is 17.0. The molecular formula is C12H35N5Si5. The van der Waals surface area contributed by atoms with Crippen molar-refractivity contribution in [3.63, 3.8) is 0 Å². The normalized spacial score (nSPS) is 28.5. The van der Waals surface area contributed by atoms with Crippen molar-refractivity contribution in [1.29, 1.82) is 0 Å². The van der Waals surface area contributed by atoms with Crippen molar-refractivity contribution in [2.75, 3.05) is 14.1 Å². The maximum absolute atomic E-state index is 4.04. The van der Waals surface area contributed by atoms with E-state index in [1.165, 1.54) is 0 Å². The van der Waals surface area contributed by atoms with Gasteiger partial charge in [0.15, 0.2) is 44.9 Å². The van der Waals surface area contributed by atoms with Crippen molar-refractivity contribution in [3.8, 4) is 0 Å². The van der Waals surface area contributed by atoms with E-state index in [0.717, 1.165) is 12.1 Å². The Bertz CT molecular complexity index is 393. The SMILES string of the molecule is C=CC[Si]1(CC=C)N[SiH2]N[SiH2]N[Si](C)(C)N(C)[Si](C)(C)N1C. The van der Waals surface area contributed by atoms with Gasteiger partial charge < -0.3 is 22.4 Å². The van der Waals surface area contributed by atoms with E-state index in [1.54, 1.807) is 0 Å². The largest absolute Gasteiger partial charge is 0.346 e. The van der Waals surface area contributed by atoms with Gasteiger partial charge in [-0.3, -0.25) is 0 Å². The van der Waals surface area contributed by atoms with Crippen LogP contribution in [0.3, 0.4) is 0 Å². The summed E-state index contributed by atoms with van der Waals surface area (Å²) in [5.74, 6) is 0. The van der Waals surface area contributed by atoms with Crippen LogP contribution in [0.4, 0.5) is 0 Å². The topological polar surface area (TPSA) is 42.6 Å². The summed E-state index contributed by atoms with van der Waals surface area (Å²) in [5.41, 5.74) is 0. The maximum Gasteiger partial charge on any atom is 0.199 e. The molecule has 0 amide bonds. The summed E-state index contributed by atoms with van der Waals surface area (Å²) in [5, 5.41) is 0. The molecule has 0 aromatic heterocycles. The standard InChI is InChI=1S/C12H35N5Si5/c1-9-11-22(12-10-2)15-19-13-18-14-20(5,6)16(3)21(7,8)17(22)4/h9-10,13-15H,1-2,11-12,18-19H2,3-8H3. The smallest absolute Gasteiger partial charge is 0.199 e. The van der Waals surface area contributed by atoms with Gasteiger partial charge in [-0.2, -0.15) is 0 Å². The number of hydrogen-bond donors (Lipinski definition) is 3. The van der Waals surface area contributed by atoms with E-state index in [9.17, 15) is 0 Å². The van der Waals surface area contributed by atoms with Crippen LogP contribution in [0.15, 0.2) is 25.3 Å². The quantitative estimate of drug-likeness (QED) is 0.461. The molecule has 128 valence electrons. The van der Waals surface area contributed by atoms with E-state index in [0.29, 0.717) is 0 Å². The van der Waals surface area contributed by atoms with Crippen molar-refractivity contribution in [2.24, 2.45) is 0 Å². The first-order valence-corrected chi connectivity index (χ1v) is 19.1. The minimum absolute atomic E-state index is 0.371. The molecule has 0 spiro atoms. The summed E-state index contributed by atoms with van der Waals surface area (Å²) in [6.07, 6.45) is 4.23. The predicted molar refractivity (Wildman–Crippen MR) is 113 cm³/mol. The van der Waals surface area contributed by atoms with Crippen LogP contribution in [-0.2, 0) is 0 Å². The Morgan fingerprint density at radius 2 is 1.41 bits per heavy atom. The number of hydrogen-bond acceptors (Lipinski definition) is 5. The average molecular weight is 390 g/mol. The van der Waals surface area contributed by atoms with Crippen molar-refractivity contribution < 1.29 is 0 Å². The Labute approximate surface area is 145 Å². The molecule has 5 nitrogen and oxygen atoms in total. The third-order valence-corrected chi connectivity index (χ3v) is 29.2. The highest BCUT2D eigenvalue weighted by Crippen LogP contribution is 2.27. The van der Waals surface area contributed by atoms with Gasteiger partial charge >= 0.3 is 0 Å². The lowest BCUT2D eigenvalue weighted by Gasteiger charge is -2.55. The van der Waals surface area contributed by atoms with Gasteiger partial charge in [0.1, 0.15) is 0 Å². The highest BCUT2D eigenvalue weighted by atomic mass is 28.5. The maximum atomic E-state index is 4.04. The van der Waals surface area contributed by atoms with Crippen molar-refractivity contribution in [1.82, 2.24) is 22.4 Å². The first-order chi connectivity index (χ1) is 10.1. The molecule has 0 unspecified atom stereocenters. The zero-order valence-electron chi connectivity index (χ0n) is 15.3. The van der Waals surface area contributed by atoms with Gasteiger partial charge in [0, 0.05) is 0 Å². The second-order valence-electron chi connectivity index (χ2n) is 7.15. The third kappa shape index (κ3) is 4.25. The lowest BCUT2D eigenvalue weighted by Crippen LogP contribution is -2.81. The summed E-state index contributed by atoms with van der Waals surface area (Å²) < 4.78 is 17.2. The molecule has 1 fully saturated rings. The molecule has 10 heteroatoms. The Morgan fingerprint density at radius 1 is 0.909 bits per heavy atom. The molecule has 22 heavy (non-hydrogen) atoms. The van der Waals surface area contributed by atoms with Crippen LogP contribution >= 0.6 is 0 Å². The molecule has 0 aromatic carbocycles. The number of nitrogens with zero attached hydrogens (tertiary/aromatic N) is 2. The first kappa shape index (κ1) is 20.4. The van der Waals surface area contributed by atoms with E-state index in [2.05, 4.69) is 88.0 Å². The molecular weight excluding hydrogens is 355 g/mol. The highest BCUT2D eigenvalue weighted by Gasteiger charge is 2.49. The Balaban J connectivity index is 3.28. The van der Waals surface area contributed by atoms with Crippen molar-refractivity contribution in [3.05, 3.63) is 25.3 Å². The second kappa shape index (κ2) is 7.96. The van der Waals surface area contributed by atoms with Gasteiger partial charge in [-0.15, -0.1) is 13.2 Å². The van der Waals surface area contributed by atoms with Gasteiger partial charge in [-0.05, 0) is 52.4 Å². The van der Waals surface area contributed by atoms with Crippen LogP contribution in [-0.4, -0.2) is 67.4 Å². The molecule has 0 aromatic rings. The van der Waals surface area contributed by atoms with Crippen LogP contribution in [0.5, 0.6) is 0 Å². The van der Waals surface area contributed by atoms with E-state index in [-0.39, 0.29) is 9.84 Å². The highest BCUT2D eigenvalue weighted by molar-refractivity contribution is 6.98. The van der Waals surface area contributed by atoms with Crippen LogP contribution in [0.2, 0.25) is 38.3 Å². The summed E-state index contributed by atoms with van der Waals surface area (Å²) in [6, 6.07) is 2.18. The van der Waals surface area contributed by atoms with E-state index in [1.807, 2.05) is 0 Å². The van der Waals surface area contributed by atoms with Gasteiger partial charge in [-0.25, -0.2) is 0 Å². The molecule has 3 N–H and O–H groups in total. The molecule has 1 aliphatic rings. The van der Waals surface area contributed by atoms with Gasteiger partial charge in [0.25, 0.3) is 0 Å². The monoisotopic (exact) mass is 389 g/mol. The fraction of sp³-hybridized carbons (Fsp3) is 0.667. The summed E-state index contributed by atoms with van der Waals surface area (Å²) in [7, 11) is -1.12. The second-order valence-corrected chi connectivity index (χ2v) is 25.2. The lowest BCUT2D eigenvalue weighted by atomic mass is 10.7. The first-order valence-electron chi connectivity index (χ1n) is 8.04. The van der Waals surface area contributed by atoms with Crippen LogP contribution < -0.4 is 13.9 Å². The summed E-state index contributed by atoms with van der Waals surface area (Å²) in [4.78, 5) is 0. The van der Waals surface area contributed by atoms with Crippen LogP contribution in [0, 0.1) is 0 Å². The third-order valence-electron chi connectivity index (χ3n) is 5.27. The molecule has 0 bridgehead atoms. The minimum Gasteiger partial charge on any atom is -0.346 e. The molecule has 0 radical (unpaired) electrons. The van der Waals surface area contributed by atoms with Crippen LogP contribution in [0.1, 0.15) is 0 Å².